The van der Waals surface area contributed by atoms with E-state index >= 15 is 0 Å². The van der Waals surface area contributed by atoms with Crippen molar-refractivity contribution >= 4 is 23.2 Å². The molecule has 2 aromatic carbocycles. The lowest BCUT2D eigenvalue weighted by Crippen LogP contribution is -2.44. The number of nitrogens with zero attached hydrogens (tertiary/aromatic N) is 2. The standard InChI is InChI=1S/C26H31N5O4/c1-5-30-24(34)21(22(27)31(25(30)35)16-17-11-7-6-8-12-17)20(32)15-28-19-14-10-9-13-18(19)23(33)29-26(2,3)4/h6-14,28H,5,15-16,27H2,1-4H3,(H,29,33). The van der Waals surface area contributed by atoms with Crippen LogP contribution in [0.25, 0.3) is 0 Å². The fraction of sp³-hybridized carbons (Fsp3) is 0.308. The fourth-order valence-corrected chi connectivity index (χ4v) is 3.68. The Morgan fingerprint density at radius 2 is 1.57 bits per heavy atom. The number of amides is 1. The number of nitrogens with one attached hydrogen (secondary N) is 2. The number of carbonyl (C=O) groups excluding carboxylic acids is 2. The van der Waals surface area contributed by atoms with Crippen LogP contribution in [0.1, 0.15) is 54.0 Å². The first-order chi connectivity index (χ1) is 16.5. The van der Waals surface area contributed by atoms with E-state index in [1.165, 1.54) is 4.57 Å². The van der Waals surface area contributed by atoms with E-state index < -0.39 is 22.6 Å². The normalized spacial score (nSPS) is 11.2. The van der Waals surface area contributed by atoms with Crippen molar-refractivity contribution in [1.29, 1.82) is 0 Å². The largest absolute Gasteiger partial charge is 0.384 e. The lowest BCUT2D eigenvalue weighted by molar-refractivity contribution is 0.0918. The van der Waals surface area contributed by atoms with Gasteiger partial charge in [-0.1, -0.05) is 42.5 Å². The quantitative estimate of drug-likeness (QED) is 0.428. The Bertz CT molecular complexity index is 1350. The third kappa shape index (κ3) is 5.87. The molecule has 0 unspecified atom stereocenters. The average Bonchev–Trinajstić information content (AvgIpc) is 2.80. The van der Waals surface area contributed by atoms with Gasteiger partial charge in [-0.05, 0) is 45.4 Å². The maximum Gasteiger partial charge on any atom is 0.332 e. The number of nitrogens with two attached hydrogens (primary N) is 1. The number of benzene rings is 2. The number of rotatable bonds is 8. The maximum absolute atomic E-state index is 13.2. The van der Waals surface area contributed by atoms with Gasteiger partial charge in [-0.2, -0.15) is 0 Å². The summed E-state index contributed by atoms with van der Waals surface area (Å²) >= 11 is 0. The number of aromatic nitrogens is 2. The third-order valence-electron chi connectivity index (χ3n) is 5.35. The second-order valence-electron chi connectivity index (χ2n) is 9.19. The number of anilines is 2. The summed E-state index contributed by atoms with van der Waals surface area (Å²) in [5, 5.41) is 5.84. The van der Waals surface area contributed by atoms with Crippen LogP contribution in [-0.2, 0) is 13.1 Å². The first kappa shape index (κ1) is 25.5. The smallest absolute Gasteiger partial charge is 0.332 e. The molecule has 0 fully saturated rings. The van der Waals surface area contributed by atoms with Crippen molar-refractivity contribution in [2.45, 2.75) is 46.3 Å². The molecule has 4 N–H and O–H groups in total. The molecular weight excluding hydrogens is 446 g/mol. The van der Waals surface area contributed by atoms with Crippen molar-refractivity contribution in [3.63, 3.8) is 0 Å². The van der Waals surface area contributed by atoms with Gasteiger partial charge in [-0.3, -0.25) is 23.5 Å². The Hall–Kier alpha value is -4.14. The molecule has 0 aliphatic heterocycles. The van der Waals surface area contributed by atoms with Crippen molar-refractivity contribution in [3.05, 3.63) is 92.1 Å². The molecule has 9 heteroatoms. The Morgan fingerprint density at radius 3 is 2.20 bits per heavy atom. The number of hydrogen-bond donors (Lipinski definition) is 3. The van der Waals surface area contributed by atoms with Crippen molar-refractivity contribution in [3.8, 4) is 0 Å². The highest BCUT2D eigenvalue weighted by Crippen LogP contribution is 2.17. The summed E-state index contributed by atoms with van der Waals surface area (Å²) in [7, 11) is 0. The second-order valence-corrected chi connectivity index (χ2v) is 9.19. The lowest BCUT2D eigenvalue weighted by atomic mass is 10.1. The van der Waals surface area contributed by atoms with Gasteiger partial charge in [0.2, 0.25) is 0 Å². The third-order valence-corrected chi connectivity index (χ3v) is 5.35. The number of hydrogen-bond acceptors (Lipinski definition) is 6. The van der Waals surface area contributed by atoms with Gasteiger partial charge in [0.1, 0.15) is 11.4 Å². The van der Waals surface area contributed by atoms with Crippen molar-refractivity contribution in [2.24, 2.45) is 0 Å². The number of Topliss-reactive ketones (excluding diaryl/α,β-unsaturated/α-hetero) is 1. The summed E-state index contributed by atoms with van der Waals surface area (Å²) in [6.45, 7) is 7.20. The highest BCUT2D eigenvalue weighted by molar-refractivity contribution is 6.04. The molecule has 1 heterocycles. The Morgan fingerprint density at radius 1 is 0.943 bits per heavy atom. The van der Waals surface area contributed by atoms with Crippen LogP contribution in [0.5, 0.6) is 0 Å². The lowest BCUT2D eigenvalue weighted by Gasteiger charge is -2.21. The predicted molar refractivity (Wildman–Crippen MR) is 137 cm³/mol. The topological polar surface area (TPSA) is 128 Å². The van der Waals surface area contributed by atoms with Gasteiger partial charge < -0.3 is 16.4 Å². The van der Waals surface area contributed by atoms with Gasteiger partial charge in [-0.15, -0.1) is 0 Å². The summed E-state index contributed by atoms with van der Waals surface area (Å²) < 4.78 is 2.23. The van der Waals surface area contributed by atoms with E-state index in [0.29, 0.717) is 11.3 Å². The molecule has 3 aromatic rings. The van der Waals surface area contributed by atoms with Crippen LogP contribution in [-0.4, -0.2) is 32.9 Å². The van der Waals surface area contributed by atoms with Gasteiger partial charge in [0.25, 0.3) is 11.5 Å². The highest BCUT2D eigenvalue weighted by Gasteiger charge is 2.23. The molecule has 1 aromatic heterocycles. The molecule has 0 aliphatic carbocycles. The summed E-state index contributed by atoms with van der Waals surface area (Å²) in [5.74, 6) is -1.06. The molecule has 0 saturated heterocycles. The van der Waals surface area contributed by atoms with E-state index in [4.69, 9.17) is 5.73 Å². The SMILES string of the molecule is CCn1c(=O)c(C(=O)CNc2ccccc2C(=O)NC(C)(C)C)c(N)n(Cc2ccccc2)c1=O. The molecular formula is C26H31N5O4. The molecule has 184 valence electrons. The van der Waals surface area contributed by atoms with E-state index in [9.17, 15) is 19.2 Å². The summed E-state index contributed by atoms with van der Waals surface area (Å²) in [5.41, 5.74) is 5.81. The molecule has 0 radical (unpaired) electrons. The van der Waals surface area contributed by atoms with E-state index in [0.717, 1.165) is 10.1 Å². The molecule has 0 spiro atoms. The first-order valence-electron chi connectivity index (χ1n) is 11.4. The fourth-order valence-electron chi connectivity index (χ4n) is 3.68. The van der Waals surface area contributed by atoms with Gasteiger partial charge >= 0.3 is 5.69 Å². The molecule has 1 amide bonds. The number of carbonyl (C=O) groups is 2. The first-order valence-corrected chi connectivity index (χ1v) is 11.4. The maximum atomic E-state index is 13.2. The van der Waals surface area contributed by atoms with E-state index in [1.54, 1.807) is 31.2 Å². The van der Waals surface area contributed by atoms with E-state index in [1.807, 2.05) is 51.1 Å². The minimum absolute atomic E-state index is 0.0935. The molecule has 3 rings (SSSR count). The Kier molecular flexibility index (Phi) is 7.58. The summed E-state index contributed by atoms with van der Waals surface area (Å²) in [4.78, 5) is 51.8. The number of para-hydroxylation sites is 1. The minimum atomic E-state index is -0.732. The van der Waals surface area contributed by atoms with Crippen molar-refractivity contribution in [1.82, 2.24) is 14.5 Å². The monoisotopic (exact) mass is 477 g/mol. The number of ketones is 1. The molecule has 0 bridgehead atoms. The van der Waals surface area contributed by atoms with E-state index in [-0.39, 0.29) is 36.9 Å². The molecule has 0 atom stereocenters. The molecule has 0 aliphatic rings. The predicted octanol–water partition coefficient (Wildman–Crippen LogP) is 2.48. The van der Waals surface area contributed by atoms with Gasteiger partial charge in [0.05, 0.1) is 18.7 Å². The van der Waals surface area contributed by atoms with Gasteiger partial charge in [-0.25, -0.2) is 4.79 Å². The molecule has 0 saturated carbocycles. The zero-order valence-electron chi connectivity index (χ0n) is 20.4. The zero-order chi connectivity index (χ0) is 25.8. The Labute approximate surface area is 203 Å². The van der Waals surface area contributed by atoms with Crippen LogP contribution in [0.4, 0.5) is 11.5 Å². The van der Waals surface area contributed by atoms with Crippen LogP contribution in [0.3, 0.4) is 0 Å². The van der Waals surface area contributed by atoms with Crippen LogP contribution in [0.2, 0.25) is 0 Å². The van der Waals surface area contributed by atoms with E-state index in [2.05, 4.69) is 10.6 Å². The van der Waals surface area contributed by atoms with Crippen molar-refractivity contribution < 1.29 is 9.59 Å². The van der Waals surface area contributed by atoms with Gasteiger partial charge in [0, 0.05) is 17.8 Å². The van der Waals surface area contributed by atoms with Gasteiger partial charge in [0.15, 0.2) is 5.78 Å². The van der Waals surface area contributed by atoms with Crippen molar-refractivity contribution in [2.75, 3.05) is 17.6 Å². The Balaban J connectivity index is 1.94. The molecule has 9 nitrogen and oxygen atoms in total. The van der Waals surface area contributed by atoms with Crippen LogP contribution >= 0.6 is 0 Å². The van der Waals surface area contributed by atoms with Crippen LogP contribution in [0.15, 0.2) is 64.2 Å². The van der Waals surface area contributed by atoms with Crippen LogP contribution < -0.4 is 27.6 Å². The summed E-state index contributed by atoms with van der Waals surface area (Å²) in [6, 6.07) is 15.9. The molecule has 35 heavy (non-hydrogen) atoms. The zero-order valence-corrected chi connectivity index (χ0v) is 20.4. The van der Waals surface area contributed by atoms with Crippen LogP contribution in [0, 0.1) is 0 Å². The summed E-state index contributed by atoms with van der Waals surface area (Å²) in [6.07, 6.45) is 0. The second kappa shape index (κ2) is 10.4. The highest BCUT2D eigenvalue weighted by atomic mass is 16.2. The number of nitrogen functional groups attached to an aromatic ring is 1. The average molecular weight is 478 g/mol. The minimum Gasteiger partial charge on any atom is -0.384 e.